The topological polar surface area (TPSA) is 64.3 Å². The Morgan fingerprint density at radius 1 is 1.50 bits per heavy atom. The fourth-order valence-electron chi connectivity index (χ4n) is 2.51. The van der Waals surface area contributed by atoms with Crippen LogP contribution < -0.4 is 4.74 Å². The van der Waals surface area contributed by atoms with E-state index in [0.717, 1.165) is 31.2 Å². The minimum atomic E-state index is -0.971. The molecule has 88 valence electrons. The second-order valence-electron chi connectivity index (χ2n) is 4.18. The van der Waals surface area contributed by atoms with Gasteiger partial charge in [0.25, 0.3) is 0 Å². The molecule has 0 aliphatic heterocycles. The van der Waals surface area contributed by atoms with Crippen LogP contribution in [0.4, 0.5) is 0 Å². The van der Waals surface area contributed by atoms with Crippen LogP contribution in [-0.2, 0) is 7.05 Å². The van der Waals surface area contributed by atoms with Crippen molar-refractivity contribution in [2.45, 2.75) is 31.6 Å². The Kier molecular flexibility index (Phi) is 2.85. The number of aromatic carboxylic acids is 1. The predicted molar refractivity (Wildman–Crippen MR) is 57.9 cm³/mol. The normalized spacial score (nSPS) is 16.6. The zero-order valence-electron chi connectivity index (χ0n) is 9.56. The smallest absolute Gasteiger partial charge is 0.356 e. The average molecular weight is 224 g/mol. The molecule has 0 bridgehead atoms. The quantitative estimate of drug-likeness (QED) is 0.850. The van der Waals surface area contributed by atoms with E-state index in [2.05, 4.69) is 5.10 Å². The molecule has 1 aromatic rings. The monoisotopic (exact) mass is 224 g/mol. The van der Waals surface area contributed by atoms with Crippen molar-refractivity contribution < 1.29 is 14.6 Å². The molecular formula is C11H16N2O3. The third-order valence-electron chi connectivity index (χ3n) is 3.19. The van der Waals surface area contributed by atoms with E-state index in [9.17, 15) is 4.79 Å². The number of aryl methyl sites for hydroxylation is 1. The van der Waals surface area contributed by atoms with Crippen LogP contribution in [0.1, 0.15) is 47.7 Å². The lowest BCUT2D eigenvalue weighted by Crippen LogP contribution is -2.05. The molecule has 1 aliphatic carbocycles. The molecule has 0 unspecified atom stereocenters. The molecule has 2 rings (SSSR count). The van der Waals surface area contributed by atoms with Crippen molar-refractivity contribution in [3.63, 3.8) is 0 Å². The van der Waals surface area contributed by atoms with Crippen LogP contribution in [0.15, 0.2) is 0 Å². The van der Waals surface area contributed by atoms with Crippen molar-refractivity contribution in [1.82, 2.24) is 9.78 Å². The number of hydrogen-bond acceptors (Lipinski definition) is 3. The fraction of sp³-hybridized carbons (Fsp3) is 0.636. The first-order valence-electron chi connectivity index (χ1n) is 5.49. The number of methoxy groups -OCH3 is 1. The highest BCUT2D eigenvalue weighted by Gasteiger charge is 2.30. The maximum atomic E-state index is 11.1. The van der Waals surface area contributed by atoms with Gasteiger partial charge in [0.15, 0.2) is 5.69 Å². The third-order valence-corrected chi connectivity index (χ3v) is 3.19. The van der Waals surface area contributed by atoms with Crippen LogP contribution in [0.3, 0.4) is 0 Å². The van der Waals surface area contributed by atoms with E-state index in [1.165, 1.54) is 4.68 Å². The Hall–Kier alpha value is -1.52. The zero-order chi connectivity index (χ0) is 11.7. The fourth-order valence-corrected chi connectivity index (χ4v) is 2.51. The summed E-state index contributed by atoms with van der Waals surface area (Å²) in [7, 11) is 3.27. The summed E-state index contributed by atoms with van der Waals surface area (Å²) in [5.41, 5.74) is 0.918. The summed E-state index contributed by atoms with van der Waals surface area (Å²) in [4.78, 5) is 11.1. The molecule has 0 radical (unpaired) electrons. The number of aromatic nitrogens is 2. The lowest BCUT2D eigenvalue weighted by Gasteiger charge is -2.10. The number of carboxylic acid groups (broad SMARTS) is 1. The van der Waals surface area contributed by atoms with Crippen LogP contribution in [-0.4, -0.2) is 28.0 Å². The van der Waals surface area contributed by atoms with E-state index in [4.69, 9.17) is 9.84 Å². The van der Waals surface area contributed by atoms with Gasteiger partial charge in [0.1, 0.15) is 0 Å². The van der Waals surface area contributed by atoms with E-state index in [1.807, 2.05) is 0 Å². The molecule has 1 saturated carbocycles. The van der Waals surface area contributed by atoms with Gasteiger partial charge in [-0.25, -0.2) is 9.48 Å². The summed E-state index contributed by atoms with van der Waals surface area (Å²) >= 11 is 0. The molecule has 0 amide bonds. The summed E-state index contributed by atoms with van der Waals surface area (Å²) in [5.74, 6) is -0.0974. The van der Waals surface area contributed by atoms with Crippen molar-refractivity contribution in [3.8, 4) is 5.88 Å². The highest BCUT2D eigenvalue weighted by molar-refractivity contribution is 5.88. The molecule has 1 aromatic heterocycles. The molecule has 1 N–H and O–H groups in total. The van der Waals surface area contributed by atoms with Crippen LogP contribution in [0.5, 0.6) is 5.88 Å². The molecule has 16 heavy (non-hydrogen) atoms. The average Bonchev–Trinajstić information content (AvgIpc) is 2.83. The Morgan fingerprint density at radius 3 is 2.62 bits per heavy atom. The van der Waals surface area contributed by atoms with Gasteiger partial charge in [0.05, 0.1) is 12.7 Å². The van der Waals surface area contributed by atoms with Crippen LogP contribution >= 0.6 is 0 Å². The van der Waals surface area contributed by atoms with Gasteiger partial charge in [-0.3, -0.25) is 0 Å². The number of ether oxygens (including phenoxy) is 1. The van der Waals surface area contributed by atoms with Gasteiger partial charge >= 0.3 is 5.97 Å². The Balaban J connectivity index is 2.49. The lowest BCUT2D eigenvalue weighted by molar-refractivity contribution is 0.0688. The van der Waals surface area contributed by atoms with Gasteiger partial charge in [0.2, 0.25) is 5.88 Å². The van der Waals surface area contributed by atoms with Gasteiger partial charge in [-0.15, -0.1) is 0 Å². The van der Waals surface area contributed by atoms with E-state index >= 15 is 0 Å². The van der Waals surface area contributed by atoms with Crippen LogP contribution in [0.2, 0.25) is 0 Å². The van der Waals surface area contributed by atoms with Gasteiger partial charge < -0.3 is 9.84 Å². The Bertz CT molecular complexity index is 406. The molecule has 1 fully saturated rings. The highest BCUT2D eigenvalue weighted by atomic mass is 16.5. The number of rotatable bonds is 3. The van der Waals surface area contributed by atoms with Gasteiger partial charge in [-0.05, 0) is 18.8 Å². The number of hydrogen-bond donors (Lipinski definition) is 1. The second-order valence-corrected chi connectivity index (χ2v) is 4.18. The van der Waals surface area contributed by atoms with Gasteiger partial charge in [-0.1, -0.05) is 12.8 Å². The molecule has 0 saturated heterocycles. The summed E-state index contributed by atoms with van der Waals surface area (Å²) in [6, 6.07) is 0. The summed E-state index contributed by atoms with van der Waals surface area (Å²) in [6.07, 6.45) is 4.37. The first-order valence-corrected chi connectivity index (χ1v) is 5.49. The highest BCUT2D eigenvalue weighted by Crippen LogP contribution is 2.40. The molecule has 5 nitrogen and oxygen atoms in total. The second kappa shape index (κ2) is 4.15. The molecule has 0 aromatic carbocycles. The van der Waals surface area contributed by atoms with E-state index in [-0.39, 0.29) is 11.6 Å². The minimum absolute atomic E-state index is 0.145. The minimum Gasteiger partial charge on any atom is -0.481 e. The largest absolute Gasteiger partial charge is 0.481 e. The molecule has 5 heteroatoms. The standard InChI is InChI=1S/C11H16N2O3/c1-13-10(16-2)8(7-5-3-4-6-7)9(12-13)11(14)15/h7H,3-6H2,1-2H3,(H,14,15). The number of nitrogens with zero attached hydrogens (tertiary/aromatic N) is 2. The molecule has 0 atom stereocenters. The predicted octanol–water partition coefficient (Wildman–Crippen LogP) is 1.78. The van der Waals surface area contributed by atoms with Crippen molar-refractivity contribution in [1.29, 1.82) is 0 Å². The number of carboxylic acids is 1. The van der Waals surface area contributed by atoms with Crippen molar-refractivity contribution in [3.05, 3.63) is 11.3 Å². The van der Waals surface area contributed by atoms with Crippen molar-refractivity contribution >= 4 is 5.97 Å². The van der Waals surface area contributed by atoms with Crippen molar-refractivity contribution in [2.24, 2.45) is 7.05 Å². The molecule has 1 heterocycles. The summed E-state index contributed by atoms with van der Waals surface area (Å²) in [5, 5.41) is 13.1. The van der Waals surface area contributed by atoms with E-state index in [0.29, 0.717) is 5.88 Å². The van der Waals surface area contributed by atoms with Gasteiger partial charge in [0, 0.05) is 7.05 Å². The molecule has 0 spiro atoms. The first-order chi connectivity index (χ1) is 7.65. The van der Waals surface area contributed by atoms with Gasteiger partial charge in [-0.2, -0.15) is 5.10 Å². The lowest BCUT2D eigenvalue weighted by atomic mass is 9.97. The van der Waals surface area contributed by atoms with Crippen LogP contribution in [0.25, 0.3) is 0 Å². The molecular weight excluding hydrogens is 208 g/mol. The SMILES string of the molecule is COc1c(C2CCCC2)c(C(=O)O)nn1C. The number of carbonyl (C=O) groups is 1. The maximum Gasteiger partial charge on any atom is 0.356 e. The zero-order valence-corrected chi connectivity index (χ0v) is 9.56. The van der Waals surface area contributed by atoms with Crippen molar-refractivity contribution in [2.75, 3.05) is 7.11 Å². The summed E-state index contributed by atoms with van der Waals surface area (Å²) < 4.78 is 6.77. The Morgan fingerprint density at radius 2 is 2.12 bits per heavy atom. The maximum absolute atomic E-state index is 11.1. The van der Waals surface area contributed by atoms with E-state index < -0.39 is 5.97 Å². The van der Waals surface area contributed by atoms with E-state index in [1.54, 1.807) is 14.2 Å². The summed E-state index contributed by atoms with van der Waals surface area (Å²) in [6.45, 7) is 0. The van der Waals surface area contributed by atoms with Crippen LogP contribution in [0, 0.1) is 0 Å². The third kappa shape index (κ3) is 1.66. The first kappa shape index (κ1) is 11.0. The molecule has 1 aliphatic rings. The Labute approximate surface area is 94.0 Å².